The Balaban J connectivity index is 2.07. The normalized spacial score (nSPS) is 13.6. The number of rotatable bonds is 4. The van der Waals surface area contributed by atoms with Gasteiger partial charge in [-0.3, -0.25) is 0 Å². The van der Waals surface area contributed by atoms with Gasteiger partial charge >= 0.3 is 0 Å². The Labute approximate surface area is 122 Å². The lowest BCUT2D eigenvalue weighted by Gasteiger charge is -2.19. The average molecular weight is 287 g/mol. The van der Waals surface area contributed by atoms with Gasteiger partial charge in [-0.25, -0.2) is 19.9 Å². The van der Waals surface area contributed by atoms with Crippen LogP contribution in [-0.4, -0.2) is 40.2 Å². The largest absolute Gasteiger partial charge is 0.481 e. The van der Waals surface area contributed by atoms with Gasteiger partial charge in [0, 0.05) is 24.6 Å². The third-order valence-corrected chi connectivity index (χ3v) is 3.25. The van der Waals surface area contributed by atoms with Crippen LogP contribution in [0.25, 0.3) is 11.5 Å². The minimum absolute atomic E-state index is 0.495. The lowest BCUT2D eigenvalue weighted by atomic mass is 10.1. The van der Waals surface area contributed by atoms with Crippen molar-refractivity contribution in [2.24, 2.45) is 0 Å². The maximum Gasteiger partial charge on any atom is 0.216 e. The van der Waals surface area contributed by atoms with E-state index in [1.54, 1.807) is 13.2 Å². The van der Waals surface area contributed by atoms with Crippen molar-refractivity contribution in [3.63, 3.8) is 0 Å². The zero-order valence-electron chi connectivity index (χ0n) is 12.1. The molecule has 0 fully saturated rings. The zero-order chi connectivity index (χ0) is 14.7. The smallest absolute Gasteiger partial charge is 0.216 e. The first-order valence-electron chi connectivity index (χ1n) is 6.89. The van der Waals surface area contributed by atoms with Crippen molar-refractivity contribution < 1.29 is 9.47 Å². The number of fused-ring (bicyclic) bond motifs is 1. The van der Waals surface area contributed by atoms with Crippen molar-refractivity contribution in [1.29, 1.82) is 0 Å². The van der Waals surface area contributed by atoms with Crippen LogP contribution < -0.4 is 10.1 Å². The first-order chi connectivity index (χ1) is 10.3. The third-order valence-electron chi connectivity index (χ3n) is 3.25. The van der Waals surface area contributed by atoms with E-state index in [0.29, 0.717) is 30.6 Å². The summed E-state index contributed by atoms with van der Waals surface area (Å²) in [5.74, 6) is 1.89. The van der Waals surface area contributed by atoms with Gasteiger partial charge in [-0.2, -0.15) is 0 Å². The maximum absolute atomic E-state index is 5.50. The standard InChI is InChI=1S/C14H17N5O2/c1-3-15-13-9-7-21-5-4-10(9)18-14(19-13)11-6-12(20-2)17-8-16-11/h6,8H,3-5,7H2,1-2H3,(H,15,18,19). The number of nitrogens with zero attached hydrogens (tertiary/aromatic N) is 4. The van der Waals surface area contributed by atoms with Crippen molar-refractivity contribution in [3.05, 3.63) is 23.7 Å². The number of anilines is 1. The molecule has 3 heterocycles. The fourth-order valence-electron chi connectivity index (χ4n) is 2.23. The highest BCUT2D eigenvalue weighted by atomic mass is 16.5. The molecule has 7 heteroatoms. The molecule has 21 heavy (non-hydrogen) atoms. The number of hydrogen-bond donors (Lipinski definition) is 1. The van der Waals surface area contributed by atoms with E-state index in [1.165, 1.54) is 6.33 Å². The molecule has 0 radical (unpaired) electrons. The second-order valence-electron chi connectivity index (χ2n) is 4.60. The number of aromatic nitrogens is 4. The molecule has 0 atom stereocenters. The lowest BCUT2D eigenvalue weighted by molar-refractivity contribution is 0.109. The van der Waals surface area contributed by atoms with Gasteiger partial charge in [0.1, 0.15) is 17.8 Å². The molecule has 1 aliphatic rings. The van der Waals surface area contributed by atoms with Crippen molar-refractivity contribution in [1.82, 2.24) is 19.9 Å². The molecular formula is C14H17N5O2. The van der Waals surface area contributed by atoms with Crippen LogP contribution in [0, 0.1) is 0 Å². The van der Waals surface area contributed by atoms with Gasteiger partial charge in [0.15, 0.2) is 5.82 Å². The van der Waals surface area contributed by atoms with E-state index in [-0.39, 0.29) is 0 Å². The van der Waals surface area contributed by atoms with E-state index in [4.69, 9.17) is 9.47 Å². The van der Waals surface area contributed by atoms with Crippen LogP contribution in [0.4, 0.5) is 5.82 Å². The first kappa shape index (κ1) is 13.7. The van der Waals surface area contributed by atoms with Gasteiger partial charge in [-0.1, -0.05) is 0 Å². The summed E-state index contributed by atoms with van der Waals surface area (Å²) in [6, 6.07) is 1.73. The average Bonchev–Trinajstić information content (AvgIpc) is 2.55. The zero-order valence-corrected chi connectivity index (χ0v) is 12.1. The summed E-state index contributed by atoms with van der Waals surface area (Å²) >= 11 is 0. The van der Waals surface area contributed by atoms with E-state index in [9.17, 15) is 0 Å². The van der Waals surface area contributed by atoms with Crippen molar-refractivity contribution in [2.75, 3.05) is 25.6 Å². The Morgan fingerprint density at radius 3 is 3.05 bits per heavy atom. The summed E-state index contributed by atoms with van der Waals surface area (Å²) in [5.41, 5.74) is 2.70. The van der Waals surface area contributed by atoms with Crippen LogP contribution in [0.5, 0.6) is 5.88 Å². The molecular weight excluding hydrogens is 270 g/mol. The van der Waals surface area contributed by atoms with Gasteiger partial charge in [0.25, 0.3) is 0 Å². The van der Waals surface area contributed by atoms with Gasteiger partial charge in [-0.05, 0) is 6.92 Å². The topological polar surface area (TPSA) is 82.1 Å². The van der Waals surface area contributed by atoms with E-state index < -0.39 is 0 Å². The van der Waals surface area contributed by atoms with Crippen LogP contribution in [0.3, 0.4) is 0 Å². The summed E-state index contributed by atoms with van der Waals surface area (Å²) in [6.45, 7) is 4.05. The summed E-state index contributed by atoms with van der Waals surface area (Å²) in [6.07, 6.45) is 2.23. The Hall–Kier alpha value is -2.28. The molecule has 0 bridgehead atoms. The molecule has 2 aromatic heterocycles. The SMILES string of the molecule is CCNc1nc(-c2cc(OC)ncn2)nc2c1COCC2. The minimum Gasteiger partial charge on any atom is -0.481 e. The third kappa shape index (κ3) is 2.78. The van der Waals surface area contributed by atoms with E-state index in [0.717, 1.165) is 30.0 Å². The summed E-state index contributed by atoms with van der Waals surface area (Å²) < 4.78 is 10.6. The van der Waals surface area contributed by atoms with Crippen LogP contribution in [0.1, 0.15) is 18.2 Å². The molecule has 2 aromatic rings. The molecule has 110 valence electrons. The quantitative estimate of drug-likeness (QED) is 0.911. The molecule has 0 spiro atoms. The Morgan fingerprint density at radius 1 is 1.33 bits per heavy atom. The maximum atomic E-state index is 5.50. The van der Waals surface area contributed by atoms with Crippen molar-refractivity contribution in [3.8, 4) is 17.4 Å². The van der Waals surface area contributed by atoms with Crippen LogP contribution >= 0.6 is 0 Å². The molecule has 7 nitrogen and oxygen atoms in total. The number of nitrogens with one attached hydrogen (secondary N) is 1. The number of hydrogen-bond acceptors (Lipinski definition) is 7. The second kappa shape index (κ2) is 6.01. The van der Waals surface area contributed by atoms with Gasteiger partial charge < -0.3 is 14.8 Å². The molecule has 0 aromatic carbocycles. The summed E-state index contributed by atoms with van der Waals surface area (Å²) in [7, 11) is 1.57. The van der Waals surface area contributed by atoms with Gasteiger partial charge in [0.05, 0.1) is 26.0 Å². The molecule has 3 rings (SSSR count). The highest BCUT2D eigenvalue weighted by Crippen LogP contribution is 2.26. The Kier molecular flexibility index (Phi) is 3.92. The van der Waals surface area contributed by atoms with Crippen LogP contribution in [-0.2, 0) is 17.8 Å². The number of ether oxygens (including phenoxy) is 2. The highest BCUT2D eigenvalue weighted by molar-refractivity contribution is 5.57. The molecule has 0 saturated heterocycles. The van der Waals surface area contributed by atoms with E-state index in [1.807, 2.05) is 6.92 Å². The summed E-state index contributed by atoms with van der Waals surface area (Å²) in [5, 5.41) is 3.27. The molecule has 1 aliphatic heterocycles. The monoisotopic (exact) mass is 287 g/mol. The highest BCUT2D eigenvalue weighted by Gasteiger charge is 2.19. The first-order valence-corrected chi connectivity index (χ1v) is 6.89. The fraction of sp³-hybridized carbons (Fsp3) is 0.429. The predicted molar refractivity (Wildman–Crippen MR) is 77.1 cm³/mol. The van der Waals surface area contributed by atoms with Crippen molar-refractivity contribution >= 4 is 5.82 Å². The second-order valence-corrected chi connectivity index (χ2v) is 4.60. The number of methoxy groups -OCH3 is 1. The van der Waals surface area contributed by atoms with Gasteiger partial charge in [-0.15, -0.1) is 0 Å². The van der Waals surface area contributed by atoms with Gasteiger partial charge in [0.2, 0.25) is 5.88 Å². The molecule has 0 amide bonds. The Morgan fingerprint density at radius 2 is 2.24 bits per heavy atom. The molecule has 0 unspecified atom stereocenters. The van der Waals surface area contributed by atoms with E-state index in [2.05, 4.69) is 25.3 Å². The molecule has 0 aliphatic carbocycles. The molecule has 0 saturated carbocycles. The minimum atomic E-state index is 0.495. The van der Waals surface area contributed by atoms with Crippen LogP contribution in [0.2, 0.25) is 0 Å². The lowest BCUT2D eigenvalue weighted by Crippen LogP contribution is -2.17. The van der Waals surface area contributed by atoms with Crippen molar-refractivity contribution in [2.45, 2.75) is 20.0 Å². The van der Waals surface area contributed by atoms with Crippen LogP contribution in [0.15, 0.2) is 12.4 Å². The summed E-state index contributed by atoms with van der Waals surface area (Å²) in [4.78, 5) is 17.4. The predicted octanol–water partition coefficient (Wildman–Crippen LogP) is 1.45. The molecule has 1 N–H and O–H groups in total. The fourth-order valence-corrected chi connectivity index (χ4v) is 2.23. The Bertz CT molecular complexity index is 647. The van der Waals surface area contributed by atoms with E-state index >= 15 is 0 Å².